The van der Waals surface area contributed by atoms with Crippen LogP contribution >= 0.6 is 0 Å². The van der Waals surface area contributed by atoms with E-state index in [0.29, 0.717) is 31.3 Å². The van der Waals surface area contributed by atoms with E-state index in [2.05, 4.69) is 0 Å². The molecule has 4 rings (SSSR count). The molecule has 1 N–H and O–H groups in total. The Morgan fingerprint density at radius 2 is 2.22 bits per heavy atom. The summed E-state index contributed by atoms with van der Waals surface area (Å²) < 4.78 is 57.7. The molecule has 0 aromatic carbocycles. The normalized spacial score (nSPS) is 62.1. The molecule has 4 aliphatic carbocycles. The van der Waals surface area contributed by atoms with Gasteiger partial charge in [0.2, 0.25) is 0 Å². The number of carbonyl (C=O) groups is 1. The fraction of sp³-hybridized carbons (Fsp3) is 0.762. The average Bonchev–Trinajstić information content (AvgIpc) is 2.92. The molecule has 0 bridgehead atoms. The molecule has 0 amide bonds. The quantitative estimate of drug-likeness (QED) is 0.782. The topological polar surface area (TPSA) is 37.3 Å². The van der Waals surface area contributed by atoms with E-state index in [0.717, 1.165) is 0 Å². The fourth-order valence-electron chi connectivity index (χ4n) is 5.84. The van der Waals surface area contributed by atoms with E-state index in [1.807, 2.05) is 13.8 Å². The van der Waals surface area contributed by atoms with Gasteiger partial charge in [0.05, 0.1) is 8.85 Å². The van der Waals surface area contributed by atoms with Gasteiger partial charge in [-0.3, -0.25) is 4.79 Å². The van der Waals surface area contributed by atoms with Crippen LogP contribution in [0.15, 0.2) is 23.8 Å². The number of ketones is 1. The van der Waals surface area contributed by atoms with Crippen molar-refractivity contribution >= 4 is 5.78 Å². The zero-order valence-corrected chi connectivity index (χ0v) is 13.9. The lowest BCUT2D eigenvalue weighted by Crippen LogP contribution is -2.49. The molecule has 0 aliphatic heterocycles. The number of aliphatic hydroxyl groups is 1. The Balaban J connectivity index is 1.81. The number of allylic oxidation sites excluding steroid dienone is 4. The second kappa shape index (κ2) is 5.05. The third kappa shape index (κ3) is 2.06. The van der Waals surface area contributed by atoms with Crippen molar-refractivity contribution in [3.05, 3.63) is 23.8 Å². The van der Waals surface area contributed by atoms with Gasteiger partial charge in [0.15, 0.2) is 5.78 Å². The highest BCUT2D eigenvalue weighted by molar-refractivity contribution is 5.92. The zero-order chi connectivity index (χ0) is 22.4. The monoisotopic (exact) mass is 321 g/mol. The van der Waals surface area contributed by atoms with Crippen molar-refractivity contribution in [3.8, 4) is 0 Å². The van der Waals surface area contributed by atoms with Crippen LogP contribution < -0.4 is 0 Å². The largest absolute Gasteiger partial charge is 0.393 e. The molecule has 4 aliphatic rings. The zero-order valence-electron chi connectivity index (χ0n) is 20.9. The van der Waals surface area contributed by atoms with Crippen molar-refractivity contribution in [1.29, 1.82) is 0 Å². The van der Waals surface area contributed by atoms with E-state index in [1.54, 1.807) is 0 Å². The van der Waals surface area contributed by atoms with E-state index in [1.165, 1.54) is 6.08 Å². The molecule has 0 aromatic rings. The lowest BCUT2D eigenvalue weighted by molar-refractivity contribution is -0.116. The summed E-state index contributed by atoms with van der Waals surface area (Å²) in [7, 11) is 0. The Labute approximate surface area is 149 Å². The molecule has 2 nitrogen and oxygen atoms in total. The first-order valence-corrected chi connectivity index (χ1v) is 8.72. The second-order valence-electron chi connectivity index (χ2n) is 8.22. The lowest BCUT2D eigenvalue weighted by atomic mass is 9.48. The summed E-state index contributed by atoms with van der Waals surface area (Å²) in [6.07, 6.45) is 1.03. The molecule has 126 valence electrons. The number of hydrogen-bond donors (Lipinski definition) is 1. The van der Waals surface area contributed by atoms with Crippen LogP contribution in [0.3, 0.4) is 0 Å². The van der Waals surface area contributed by atoms with E-state index >= 15 is 0 Å². The van der Waals surface area contributed by atoms with Crippen LogP contribution in [0.2, 0.25) is 0 Å². The maximum atomic E-state index is 12.2. The highest BCUT2D eigenvalue weighted by Gasteiger charge is 2.58. The van der Waals surface area contributed by atoms with Crippen molar-refractivity contribution in [2.45, 2.75) is 65.3 Å². The van der Waals surface area contributed by atoms with Crippen molar-refractivity contribution in [1.82, 2.24) is 0 Å². The molecular weight excluding hydrogens is 284 g/mol. The summed E-state index contributed by atoms with van der Waals surface area (Å²) in [5.74, 6) is -2.38. The molecule has 1 unspecified atom stereocenters. The maximum absolute atomic E-state index is 12.2. The van der Waals surface area contributed by atoms with Crippen LogP contribution in [-0.4, -0.2) is 17.0 Å². The van der Waals surface area contributed by atoms with Gasteiger partial charge in [-0.25, -0.2) is 0 Å². The van der Waals surface area contributed by atoms with Gasteiger partial charge in [-0.1, -0.05) is 26.0 Å². The van der Waals surface area contributed by atoms with Crippen LogP contribution in [0.1, 0.15) is 68.8 Å². The van der Waals surface area contributed by atoms with Gasteiger partial charge in [-0.2, -0.15) is 0 Å². The molecule has 0 spiro atoms. The smallest absolute Gasteiger partial charge is 0.156 e. The van der Waals surface area contributed by atoms with Gasteiger partial charge < -0.3 is 5.11 Å². The Kier molecular flexibility index (Phi) is 2.10. The van der Waals surface area contributed by atoms with Crippen molar-refractivity contribution in [2.24, 2.45) is 34.5 Å². The van der Waals surface area contributed by atoms with Gasteiger partial charge in [0, 0.05) is 13.3 Å². The highest BCUT2D eigenvalue weighted by atomic mass is 16.3. The van der Waals surface area contributed by atoms with Crippen molar-refractivity contribution < 1.29 is 19.5 Å². The summed E-state index contributed by atoms with van der Waals surface area (Å²) in [4.78, 5) is 12.2. The molecule has 8 atom stereocenters. The standard InChI is InChI=1S/C21H30O2/c1-13(22)17-6-7-18-16-5-4-14-12-15(23)8-10-20(14,2)19(16)9-11-21(17,18)3/h4-5,12-13,16-19,22H,6-11H2,1-3H3/t13-,16-,17-,18-,19+,20+,21+/m0/s1/i1D3,4D,5D,8D,17D/t8?,13-,16-,17-,18-,19+,20+,21+. The van der Waals surface area contributed by atoms with Crippen LogP contribution in [0.4, 0.5) is 0 Å². The Morgan fingerprint density at radius 3 is 3.00 bits per heavy atom. The van der Waals surface area contributed by atoms with Crippen molar-refractivity contribution in [2.75, 3.05) is 0 Å². The summed E-state index contributed by atoms with van der Waals surface area (Å²) in [5, 5.41) is 10.6. The van der Waals surface area contributed by atoms with Gasteiger partial charge in [-0.15, -0.1) is 0 Å². The third-order valence-corrected chi connectivity index (χ3v) is 7.27. The average molecular weight is 322 g/mol. The summed E-state index contributed by atoms with van der Waals surface area (Å²) in [6, 6.07) is 0.200. The van der Waals surface area contributed by atoms with Crippen LogP contribution in [-0.2, 0) is 4.79 Å². The van der Waals surface area contributed by atoms with Gasteiger partial charge >= 0.3 is 0 Å². The lowest BCUT2D eigenvalue weighted by Gasteiger charge is -2.56. The predicted octanol–water partition coefficient (Wildman–Crippen LogP) is 4.29. The number of carbonyl (C=O) groups excluding carboxylic acids is 1. The molecule has 0 heterocycles. The maximum Gasteiger partial charge on any atom is 0.156 e. The number of hydrogen-bond acceptors (Lipinski definition) is 2. The van der Waals surface area contributed by atoms with Gasteiger partial charge in [0.1, 0.15) is 0 Å². The molecule has 0 radical (unpaired) electrons. The molecular formula is C21H30O2. The minimum absolute atomic E-state index is 0.0309. The molecule has 2 heteroatoms. The van der Waals surface area contributed by atoms with Crippen LogP contribution in [0, 0.1) is 34.5 Å². The predicted molar refractivity (Wildman–Crippen MR) is 91.8 cm³/mol. The van der Waals surface area contributed by atoms with Crippen molar-refractivity contribution in [3.63, 3.8) is 0 Å². The Hall–Kier alpha value is -0.890. The minimum Gasteiger partial charge on any atom is -0.393 e. The number of fused-ring (bicyclic) bond motifs is 5. The van der Waals surface area contributed by atoms with E-state index in [-0.39, 0.29) is 42.1 Å². The molecule has 23 heavy (non-hydrogen) atoms. The van der Waals surface area contributed by atoms with E-state index in [9.17, 15) is 9.90 Å². The Bertz CT molecular complexity index is 849. The van der Waals surface area contributed by atoms with Crippen LogP contribution in [0.25, 0.3) is 0 Å². The number of aliphatic hydroxyl groups excluding tert-OH is 1. The summed E-state index contributed by atoms with van der Waals surface area (Å²) >= 11 is 0. The summed E-state index contributed by atoms with van der Waals surface area (Å²) in [5.41, 5.74) is -0.774. The molecule has 2 saturated carbocycles. The molecule has 0 saturated heterocycles. The van der Waals surface area contributed by atoms with Gasteiger partial charge in [0.25, 0.3) is 0 Å². The van der Waals surface area contributed by atoms with E-state index < -0.39 is 36.1 Å². The molecule has 2 fully saturated rings. The first-order valence-electron chi connectivity index (χ1n) is 12.3. The van der Waals surface area contributed by atoms with Gasteiger partial charge in [-0.05, 0) is 85.1 Å². The first-order chi connectivity index (χ1) is 13.7. The summed E-state index contributed by atoms with van der Waals surface area (Å²) in [6.45, 7) is 1.23. The molecule has 0 aromatic heterocycles. The highest BCUT2D eigenvalue weighted by Crippen LogP contribution is 2.65. The third-order valence-electron chi connectivity index (χ3n) is 7.27. The second-order valence-corrected chi connectivity index (χ2v) is 8.22. The fourth-order valence-corrected chi connectivity index (χ4v) is 5.84. The minimum atomic E-state index is -2.65. The number of rotatable bonds is 1. The Morgan fingerprint density at radius 1 is 1.39 bits per heavy atom. The first kappa shape index (κ1) is 9.56. The van der Waals surface area contributed by atoms with E-state index in [4.69, 9.17) is 9.60 Å². The SMILES string of the molecule is [2H]C1=C([2H])[C@@H]2[C@@H](CC[C@@]3(C)[C@H]2CC[C@@]3([2H])[C@@H](O)C([2H])([2H])[2H])[C@]2(C)CC([2H])C(=O)C=C12. The van der Waals surface area contributed by atoms with Crippen LogP contribution in [0.5, 0.6) is 0 Å².